The number of pyridine rings is 1. The molecule has 3 nitrogen and oxygen atoms in total. The van der Waals surface area contributed by atoms with E-state index in [1.54, 1.807) is 0 Å². The van der Waals surface area contributed by atoms with Crippen LogP contribution in [0.3, 0.4) is 0 Å². The Bertz CT molecular complexity index is 836. The lowest BCUT2D eigenvalue weighted by Crippen LogP contribution is -2.47. The zero-order valence-corrected chi connectivity index (χ0v) is 14.8. The predicted octanol–water partition coefficient (Wildman–Crippen LogP) is 3.71. The number of rotatable bonds is 4. The van der Waals surface area contributed by atoms with Gasteiger partial charge in [0.1, 0.15) is 0 Å². The molecule has 0 saturated carbocycles. The SMILES string of the molecule is Cc1ccc2c(N3CCN(CCc4[c]cccc4)CC3)cccc2n1. The van der Waals surface area contributed by atoms with Crippen LogP contribution in [-0.2, 0) is 6.42 Å². The Labute approximate surface area is 149 Å². The fourth-order valence-corrected chi connectivity index (χ4v) is 3.59. The van der Waals surface area contributed by atoms with Crippen LogP contribution in [0.5, 0.6) is 0 Å². The van der Waals surface area contributed by atoms with Gasteiger partial charge in [0.05, 0.1) is 5.52 Å². The molecule has 127 valence electrons. The normalized spacial score (nSPS) is 15.6. The van der Waals surface area contributed by atoms with Gasteiger partial charge in [-0.3, -0.25) is 9.88 Å². The summed E-state index contributed by atoms with van der Waals surface area (Å²) in [6, 6.07) is 22.4. The average Bonchev–Trinajstić information content (AvgIpc) is 2.67. The second-order valence-corrected chi connectivity index (χ2v) is 6.76. The Hall–Kier alpha value is -2.39. The first-order valence-electron chi connectivity index (χ1n) is 9.09. The van der Waals surface area contributed by atoms with Crippen LogP contribution in [0.4, 0.5) is 5.69 Å². The van der Waals surface area contributed by atoms with Crippen LogP contribution in [0, 0.1) is 13.0 Å². The first kappa shape index (κ1) is 16.1. The summed E-state index contributed by atoms with van der Waals surface area (Å²) in [7, 11) is 0. The number of benzene rings is 2. The van der Waals surface area contributed by atoms with Gasteiger partial charge >= 0.3 is 0 Å². The summed E-state index contributed by atoms with van der Waals surface area (Å²) in [4.78, 5) is 9.73. The van der Waals surface area contributed by atoms with Crippen LogP contribution >= 0.6 is 0 Å². The van der Waals surface area contributed by atoms with Crippen LogP contribution in [-0.4, -0.2) is 42.6 Å². The molecular weight excluding hydrogens is 306 g/mol. The lowest BCUT2D eigenvalue weighted by Gasteiger charge is -2.36. The van der Waals surface area contributed by atoms with Crippen LogP contribution in [0.1, 0.15) is 11.3 Å². The molecule has 0 aliphatic carbocycles. The van der Waals surface area contributed by atoms with Gasteiger partial charge in [0.15, 0.2) is 0 Å². The zero-order valence-electron chi connectivity index (χ0n) is 14.8. The minimum atomic E-state index is 1.07. The molecule has 3 aromatic rings. The van der Waals surface area contributed by atoms with Crippen LogP contribution in [0.15, 0.2) is 54.6 Å². The lowest BCUT2D eigenvalue weighted by atomic mass is 10.1. The fourth-order valence-electron chi connectivity index (χ4n) is 3.59. The van der Waals surface area contributed by atoms with Crippen molar-refractivity contribution in [3.05, 3.63) is 71.9 Å². The minimum Gasteiger partial charge on any atom is -0.368 e. The largest absolute Gasteiger partial charge is 0.368 e. The van der Waals surface area contributed by atoms with E-state index in [-0.39, 0.29) is 0 Å². The molecule has 0 amide bonds. The summed E-state index contributed by atoms with van der Waals surface area (Å²) < 4.78 is 0. The standard InChI is InChI=1S/C22H24N3/c1-18-10-11-20-21(23-18)8-5-9-22(20)25-16-14-24(15-17-25)13-12-19-6-3-2-4-7-19/h2-6,8-11H,12-17H2,1H3. The number of fused-ring (bicyclic) bond motifs is 1. The summed E-state index contributed by atoms with van der Waals surface area (Å²) in [5.41, 5.74) is 4.80. The van der Waals surface area contributed by atoms with Crippen molar-refractivity contribution in [3.8, 4) is 0 Å². The third-order valence-corrected chi connectivity index (χ3v) is 5.03. The molecule has 1 saturated heterocycles. The summed E-state index contributed by atoms with van der Waals surface area (Å²) in [5.74, 6) is 0. The number of piperazine rings is 1. The number of nitrogens with zero attached hydrogens (tertiary/aromatic N) is 3. The van der Waals surface area contributed by atoms with Gasteiger partial charge in [-0.25, -0.2) is 0 Å². The van der Waals surface area contributed by atoms with E-state index in [9.17, 15) is 0 Å². The molecule has 25 heavy (non-hydrogen) atoms. The highest BCUT2D eigenvalue weighted by atomic mass is 15.3. The van der Waals surface area contributed by atoms with Crippen molar-refractivity contribution < 1.29 is 0 Å². The Balaban J connectivity index is 1.40. The molecule has 3 heteroatoms. The van der Waals surface area contributed by atoms with Gasteiger partial charge in [-0.2, -0.15) is 0 Å². The van der Waals surface area contributed by atoms with Gasteiger partial charge in [-0.15, -0.1) is 0 Å². The Morgan fingerprint density at radius 1 is 0.960 bits per heavy atom. The summed E-state index contributed by atoms with van der Waals surface area (Å²) >= 11 is 0. The van der Waals surface area contributed by atoms with Gasteiger partial charge in [-0.1, -0.05) is 30.3 Å². The molecule has 1 aliphatic rings. The maximum Gasteiger partial charge on any atom is 0.0726 e. The number of aryl methyl sites for hydroxylation is 1. The summed E-state index contributed by atoms with van der Waals surface area (Å²) in [6.07, 6.45) is 1.08. The van der Waals surface area contributed by atoms with Gasteiger partial charge in [0.2, 0.25) is 0 Å². The van der Waals surface area contributed by atoms with Crippen LogP contribution < -0.4 is 4.90 Å². The maximum atomic E-state index is 4.67. The highest BCUT2D eigenvalue weighted by Crippen LogP contribution is 2.26. The van der Waals surface area contributed by atoms with Crippen LogP contribution in [0.2, 0.25) is 0 Å². The molecule has 0 spiro atoms. The third kappa shape index (κ3) is 3.67. The first-order chi connectivity index (χ1) is 12.3. The smallest absolute Gasteiger partial charge is 0.0726 e. The molecule has 2 heterocycles. The number of hydrogen-bond acceptors (Lipinski definition) is 3. The van der Waals surface area contributed by atoms with E-state index < -0.39 is 0 Å². The van der Waals surface area contributed by atoms with Gasteiger partial charge in [0, 0.05) is 49.5 Å². The van der Waals surface area contributed by atoms with E-state index in [0.717, 1.165) is 50.4 Å². The summed E-state index contributed by atoms with van der Waals surface area (Å²) in [5, 5.41) is 1.26. The second-order valence-electron chi connectivity index (χ2n) is 6.76. The molecule has 1 aliphatic heterocycles. The monoisotopic (exact) mass is 330 g/mol. The van der Waals surface area contributed by atoms with Crippen molar-refractivity contribution in [2.24, 2.45) is 0 Å². The predicted molar refractivity (Wildman–Crippen MR) is 104 cm³/mol. The van der Waals surface area contributed by atoms with E-state index >= 15 is 0 Å². The van der Waals surface area contributed by atoms with E-state index in [2.05, 4.69) is 70.2 Å². The highest BCUT2D eigenvalue weighted by Gasteiger charge is 2.18. The van der Waals surface area contributed by atoms with Crippen LogP contribution in [0.25, 0.3) is 10.9 Å². The summed E-state index contributed by atoms with van der Waals surface area (Å²) in [6.45, 7) is 7.54. The van der Waals surface area contributed by atoms with Gasteiger partial charge in [0.25, 0.3) is 0 Å². The molecule has 4 rings (SSSR count). The Morgan fingerprint density at radius 2 is 1.84 bits per heavy atom. The Morgan fingerprint density at radius 3 is 2.64 bits per heavy atom. The van der Waals surface area contributed by atoms with E-state index in [4.69, 9.17) is 0 Å². The number of aromatic nitrogens is 1. The van der Waals surface area contributed by atoms with Gasteiger partial charge < -0.3 is 4.90 Å². The van der Waals surface area contributed by atoms with Crippen molar-refractivity contribution in [1.29, 1.82) is 0 Å². The van der Waals surface area contributed by atoms with E-state index in [1.165, 1.54) is 16.6 Å². The van der Waals surface area contributed by atoms with Crippen molar-refractivity contribution in [2.45, 2.75) is 13.3 Å². The second kappa shape index (κ2) is 7.24. The number of anilines is 1. The van der Waals surface area contributed by atoms with Crippen molar-refractivity contribution >= 4 is 16.6 Å². The number of hydrogen-bond donors (Lipinski definition) is 0. The maximum absolute atomic E-state index is 4.67. The molecule has 0 bridgehead atoms. The third-order valence-electron chi connectivity index (χ3n) is 5.03. The molecule has 0 N–H and O–H groups in total. The van der Waals surface area contributed by atoms with Crippen molar-refractivity contribution in [1.82, 2.24) is 9.88 Å². The molecule has 1 fully saturated rings. The first-order valence-corrected chi connectivity index (χ1v) is 9.09. The molecule has 1 radical (unpaired) electrons. The minimum absolute atomic E-state index is 1.07. The Kier molecular flexibility index (Phi) is 4.66. The van der Waals surface area contributed by atoms with E-state index in [0.29, 0.717) is 0 Å². The zero-order chi connectivity index (χ0) is 17.1. The lowest BCUT2D eigenvalue weighted by molar-refractivity contribution is 0.261. The topological polar surface area (TPSA) is 19.4 Å². The van der Waals surface area contributed by atoms with Crippen molar-refractivity contribution in [2.75, 3.05) is 37.6 Å². The molecule has 1 aromatic heterocycles. The molecular formula is C22H24N3. The van der Waals surface area contributed by atoms with E-state index in [1.807, 2.05) is 12.1 Å². The molecule has 0 atom stereocenters. The molecule has 0 unspecified atom stereocenters. The average molecular weight is 330 g/mol. The van der Waals surface area contributed by atoms with Crippen molar-refractivity contribution in [3.63, 3.8) is 0 Å². The fraction of sp³-hybridized carbons (Fsp3) is 0.318. The highest BCUT2D eigenvalue weighted by molar-refractivity contribution is 5.92. The quantitative estimate of drug-likeness (QED) is 0.727. The molecule has 2 aromatic carbocycles. The van der Waals surface area contributed by atoms with Gasteiger partial charge in [-0.05, 0) is 49.2 Å².